The Kier molecular flexibility index (Phi) is 6.47. The number of anilines is 1. The fourth-order valence-electron chi connectivity index (χ4n) is 3.42. The van der Waals surface area contributed by atoms with Gasteiger partial charge in [0.05, 0.1) is 16.7 Å². The molecule has 4 rings (SSSR count). The van der Waals surface area contributed by atoms with Crippen molar-refractivity contribution >= 4 is 62.8 Å². The van der Waals surface area contributed by atoms with Gasteiger partial charge in [-0.1, -0.05) is 5.16 Å². The number of nitrogens with two attached hydrogens (primary N) is 1. The maximum atomic E-state index is 12.7. The number of carboxylic acids is 1. The number of nitrogens with one attached hydrogen (secondary N) is 1. The molecule has 0 saturated carbocycles. The van der Waals surface area contributed by atoms with Crippen LogP contribution < -0.4 is 11.1 Å². The Morgan fingerprint density at radius 3 is 2.76 bits per heavy atom. The van der Waals surface area contributed by atoms with E-state index in [1.807, 2.05) is 0 Å². The van der Waals surface area contributed by atoms with E-state index in [-0.39, 0.29) is 18.0 Å². The number of amides is 2. The lowest BCUT2D eigenvalue weighted by atomic mass is 9.94. The number of thiazole rings is 1. The Morgan fingerprint density at radius 2 is 2.15 bits per heavy atom. The van der Waals surface area contributed by atoms with Crippen molar-refractivity contribution in [3.8, 4) is 0 Å². The molecule has 2 aliphatic rings. The molecule has 1 aromatic heterocycles. The number of non-ortho nitro benzene ring substituents is 1. The number of oxime groups is 1. The number of nitrogen functional groups attached to an aromatic ring is 1. The number of aliphatic carboxylic acids is 1. The summed E-state index contributed by atoms with van der Waals surface area (Å²) in [5.74, 6) is -2.26. The molecule has 0 aliphatic carbocycles. The molecule has 1 saturated heterocycles. The molecule has 1 aromatic carbocycles. The number of aromatic nitrogens is 1. The zero-order valence-electron chi connectivity index (χ0n) is 17.1. The molecule has 4 N–H and O–H groups in total. The number of fused-ring (bicyclic) bond motifs is 1. The molecule has 2 unspecified atom stereocenters. The number of hydrogen-bond donors (Lipinski definition) is 3. The predicted octanol–water partition coefficient (Wildman–Crippen LogP) is 1.03. The number of carbonyl (C=O) groups excluding carboxylic acids is 2. The van der Waals surface area contributed by atoms with E-state index < -0.39 is 34.8 Å². The van der Waals surface area contributed by atoms with Crippen molar-refractivity contribution in [2.75, 3.05) is 11.5 Å². The second-order valence-electron chi connectivity index (χ2n) is 7.04. The third-order valence-electron chi connectivity index (χ3n) is 4.94. The van der Waals surface area contributed by atoms with Crippen LogP contribution in [-0.4, -0.2) is 61.7 Å². The van der Waals surface area contributed by atoms with Gasteiger partial charge in [-0.2, -0.15) is 0 Å². The first-order valence-corrected chi connectivity index (χ1v) is 11.5. The van der Waals surface area contributed by atoms with E-state index in [1.165, 1.54) is 47.4 Å². The number of rotatable bonds is 8. The summed E-state index contributed by atoms with van der Waals surface area (Å²) in [6.07, 6.45) is 0.873. The highest BCUT2D eigenvalue weighted by Crippen LogP contribution is 2.43. The minimum atomic E-state index is -1.32. The van der Waals surface area contributed by atoms with E-state index in [4.69, 9.17) is 10.6 Å². The largest absolute Gasteiger partial charge is 0.477 e. The zero-order valence-corrected chi connectivity index (χ0v) is 18.7. The summed E-state index contributed by atoms with van der Waals surface area (Å²) < 4.78 is 0. The number of hydrogen-bond acceptors (Lipinski definition) is 11. The molecular weight excluding hydrogens is 488 g/mol. The van der Waals surface area contributed by atoms with Gasteiger partial charge in [0.25, 0.3) is 17.5 Å². The molecule has 34 heavy (non-hydrogen) atoms. The summed E-state index contributed by atoms with van der Waals surface area (Å²) in [5, 5.41) is 28.7. The van der Waals surface area contributed by atoms with Crippen LogP contribution in [-0.2, 0) is 25.8 Å². The Morgan fingerprint density at radius 1 is 1.41 bits per heavy atom. The van der Waals surface area contributed by atoms with E-state index in [0.29, 0.717) is 27.0 Å². The van der Waals surface area contributed by atoms with E-state index in [1.54, 1.807) is 5.38 Å². The first kappa shape index (κ1) is 23.2. The van der Waals surface area contributed by atoms with Gasteiger partial charge in [-0.15, -0.1) is 23.1 Å². The van der Waals surface area contributed by atoms with Crippen molar-refractivity contribution < 1.29 is 29.3 Å². The molecule has 2 atom stereocenters. The third-order valence-corrected chi connectivity index (χ3v) is 6.89. The smallest absolute Gasteiger partial charge is 0.353 e. The highest BCUT2D eigenvalue weighted by Gasteiger charge is 2.53. The van der Waals surface area contributed by atoms with E-state index in [2.05, 4.69) is 15.5 Å². The number of β-lactam (4-membered cyclic amide) rings is 1. The second-order valence-corrected chi connectivity index (χ2v) is 8.96. The highest BCUT2D eigenvalue weighted by molar-refractivity contribution is 8.08. The molecule has 0 bridgehead atoms. The van der Waals surface area contributed by atoms with Crippen LogP contribution in [0, 0.1) is 10.1 Å². The molecule has 3 heterocycles. The van der Waals surface area contributed by atoms with Gasteiger partial charge in [-0.3, -0.25) is 24.6 Å². The van der Waals surface area contributed by atoms with Crippen LogP contribution >= 0.6 is 23.1 Å². The number of nitro groups is 1. The Bertz CT molecular complexity index is 1230. The van der Waals surface area contributed by atoms with Gasteiger partial charge in [0.2, 0.25) is 0 Å². The molecule has 15 heteroatoms. The fraction of sp³-hybridized carbons (Fsp3) is 0.211. The van der Waals surface area contributed by atoms with Gasteiger partial charge in [0.15, 0.2) is 11.7 Å². The van der Waals surface area contributed by atoms with Crippen LogP contribution in [0.4, 0.5) is 10.8 Å². The zero-order chi connectivity index (χ0) is 24.4. The predicted molar refractivity (Wildman–Crippen MR) is 122 cm³/mol. The summed E-state index contributed by atoms with van der Waals surface area (Å²) in [5.41, 5.74) is 6.14. The van der Waals surface area contributed by atoms with E-state index in [0.717, 1.165) is 11.1 Å². The van der Waals surface area contributed by atoms with Crippen molar-refractivity contribution in [1.82, 2.24) is 15.2 Å². The second kappa shape index (κ2) is 9.48. The van der Waals surface area contributed by atoms with Crippen LogP contribution in [0.1, 0.15) is 11.3 Å². The number of nitro benzene ring substituents is 1. The number of thioether (sulfide) groups is 1. The van der Waals surface area contributed by atoms with Gasteiger partial charge in [-0.05, 0) is 17.7 Å². The first-order chi connectivity index (χ1) is 16.3. The van der Waals surface area contributed by atoms with Gasteiger partial charge >= 0.3 is 5.97 Å². The third kappa shape index (κ3) is 4.55. The summed E-state index contributed by atoms with van der Waals surface area (Å²) >= 11 is 2.43. The average Bonchev–Trinajstić information content (AvgIpc) is 3.24. The number of nitrogens with zero attached hydrogens (tertiary/aromatic N) is 4. The molecule has 2 amide bonds. The van der Waals surface area contributed by atoms with Crippen molar-refractivity contribution in [3.63, 3.8) is 0 Å². The fourth-order valence-corrected chi connectivity index (χ4v) is 5.27. The van der Waals surface area contributed by atoms with E-state index in [9.17, 15) is 29.6 Å². The van der Waals surface area contributed by atoms with Gasteiger partial charge in [-0.25, -0.2) is 9.78 Å². The van der Waals surface area contributed by atoms with Crippen LogP contribution in [0.15, 0.2) is 40.5 Å². The molecule has 2 aromatic rings. The maximum Gasteiger partial charge on any atom is 0.353 e. The summed E-state index contributed by atoms with van der Waals surface area (Å²) in [7, 11) is 0. The standard InChI is InChI=1S/C19H16N6O7S2/c20-19-22-10(7-34-19)6-32-21-5-13(26)23-14-12-8-33-16(15(18(28)29)24(12)17(14)27)9-1-3-11(4-2-9)25(30)31/h1-5,7,12,14H,6,8H2,(H2,20,22)(H,23,26)(H,28,29). The average molecular weight is 505 g/mol. The van der Waals surface area contributed by atoms with Crippen molar-refractivity contribution in [3.05, 3.63) is 56.7 Å². The molecule has 0 radical (unpaired) electrons. The molecule has 13 nitrogen and oxygen atoms in total. The van der Waals surface area contributed by atoms with Gasteiger partial charge in [0.1, 0.15) is 18.0 Å². The molecule has 176 valence electrons. The summed E-state index contributed by atoms with van der Waals surface area (Å²) in [6.45, 7) is 0.0189. The maximum absolute atomic E-state index is 12.7. The van der Waals surface area contributed by atoms with Crippen molar-refractivity contribution in [1.29, 1.82) is 0 Å². The number of carbonyl (C=O) groups is 3. The Labute approximate surface area is 199 Å². The number of carboxylic acid groups (broad SMARTS) is 1. The Balaban J connectivity index is 1.41. The van der Waals surface area contributed by atoms with Crippen LogP contribution in [0.25, 0.3) is 4.91 Å². The topological polar surface area (TPSA) is 190 Å². The minimum absolute atomic E-state index is 0.0189. The van der Waals surface area contributed by atoms with Crippen molar-refractivity contribution in [2.45, 2.75) is 18.7 Å². The van der Waals surface area contributed by atoms with Crippen LogP contribution in [0.3, 0.4) is 0 Å². The van der Waals surface area contributed by atoms with E-state index >= 15 is 0 Å². The molecular formula is C19H16N6O7S2. The SMILES string of the molecule is Nc1nc(CON=CC(=O)NC2C(=O)N3C(C(=O)O)=C(c4ccc([N+](=O)[O-])cc4)SCC23)cs1. The lowest BCUT2D eigenvalue weighted by molar-refractivity contribution is -0.384. The summed E-state index contributed by atoms with van der Waals surface area (Å²) in [6, 6.07) is 3.91. The Hall–Kier alpha value is -3.98. The number of benzene rings is 1. The van der Waals surface area contributed by atoms with Crippen LogP contribution in [0.5, 0.6) is 0 Å². The lowest BCUT2D eigenvalue weighted by Gasteiger charge is -2.49. The highest BCUT2D eigenvalue weighted by atomic mass is 32.2. The monoisotopic (exact) mass is 504 g/mol. The molecule has 2 aliphatic heterocycles. The van der Waals surface area contributed by atoms with Gasteiger partial charge < -0.3 is 21.0 Å². The molecule has 1 fully saturated rings. The minimum Gasteiger partial charge on any atom is -0.477 e. The quantitative estimate of drug-likeness (QED) is 0.202. The summed E-state index contributed by atoms with van der Waals surface area (Å²) in [4.78, 5) is 57.5. The first-order valence-electron chi connectivity index (χ1n) is 9.60. The van der Waals surface area contributed by atoms with Crippen molar-refractivity contribution in [2.24, 2.45) is 5.16 Å². The lowest BCUT2D eigenvalue weighted by Crippen LogP contribution is -2.72. The van der Waals surface area contributed by atoms with Crippen LogP contribution in [0.2, 0.25) is 0 Å². The molecule has 0 spiro atoms. The normalized spacial score (nSPS) is 19.5. The van der Waals surface area contributed by atoms with Gasteiger partial charge in [0, 0.05) is 28.2 Å².